The summed E-state index contributed by atoms with van der Waals surface area (Å²) >= 11 is 0. The first-order valence-electron chi connectivity index (χ1n) is 6.45. The van der Waals surface area contributed by atoms with Crippen molar-refractivity contribution < 1.29 is 4.42 Å². The quantitative estimate of drug-likeness (QED) is 0.873. The van der Waals surface area contributed by atoms with Crippen LogP contribution in [0.2, 0.25) is 0 Å². The van der Waals surface area contributed by atoms with Gasteiger partial charge in [0.05, 0.1) is 12.2 Å². The van der Waals surface area contributed by atoms with Gasteiger partial charge in [-0.3, -0.25) is 4.90 Å². The van der Waals surface area contributed by atoms with E-state index < -0.39 is 0 Å². The average Bonchev–Trinajstić information content (AvgIpc) is 2.58. The SMILES string of the molecule is Cc1nc(CN(C)C2CCC(N)CC2)oc1C. The van der Waals surface area contributed by atoms with Crippen molar-refractivity contribution in [3.8, 4) is 0 Å². The summed E-state index contributed by atoms with van der Waals surface area (Å²) in [5.41, 5.74) is 6.92. The fraction of sp³-hybridized carbons (Fsp3) is 0.769. The van der Waals surface area contributed by atoms with Crippen molar-refractivity contribution >= 4 is 0 Å². The van der Waals surface area contributed by atoms with Crippen LogP contribution in [-0.4, -0.2) is 29.0 Å². The van der Waals surface area contributed by atoms with Crippen LogP contribution in [0.4, 0.5) is 0 Å². The maximum Gasteiger partial charge on any atom is 0.208 e. The standard InChI is InChI=1S/C13H23N3O/c1-9-10(2)17-13(15-9)8-16(3)12-6-4-11(14)5-7-12/h11-12H,4-8,14H2,1-3H3. The molecule has 1 saturated carbocycles. The predicted molar refractivity (Wildman–Crippen MR) is 67.7 cm³/mol. The number of aryl methyl sites for hydroxylation is 2. The van der Waals surface area contributed by atoms with Gasteiger partial charge in [0.15, 0.2) is 0 Å². The van der Waals surface area contributed by atoms with Crippen molar-refractivity contribution in [2.75, 3.05) is 7.05 Å². The highest BCUT2D eigenvalue weighted by atomic mass is 16.4. The molecule has 1 fully saturated rings. The van der Waals surface area contributed by atoms with E-state index in [0.29, 0.717) is 12.1 Å². The van der Waals surface area contributed by atoms with E-state index in [1.54, 1.807) is 0 Å². The van der Waals surface area contributed by atoms with Crippen LogP contribution in [0.25, 0.3) is 0 Å². The molecule has 2 N–H and O–H groups in total. The van der Waals surface area contributed by atoms with Gasteiger partial charge in [0.2, 0.25) is 5.89 Å². The van der Waals surface area contributed by atoms with Crippen LogP contribution in [0.15, 0.2) is 4.42 Å². The van der Waals surface area contributed by atoms with E-state index in [-0.39, 0.29) is 0 Å². The zero-order valence-electron chi connectivity index (χ0n) is 11.1. The van der Waals surface area contributed by atoms with Gasteiger partial charge < -0.3 is 10.2 Å². The van der Waals surface area contributed by atoms with Crippen LogP contribution >= 0.6 is 0 Å². The summed E-state index contributed by atoms with van der Waals surface area (Å²) in [5.74, 6) is 1.76. The molecule has 0 radical (unpaired) electrons. The zero-order valence-corrected chi connectivity index (χ0v) is 11.1. The second-order valence-electron chi connectivity index (χ2n) is 5.23. The van der Waals surface area contributed by atoms with Crippen molar-refractivity contribution in [1.82, 2.24) is 9.88 Å². The maximum atomic E-state index is 5.92. The van der Waals surface area contributed by atoms with Crippen molar-refractivity contribution in [2.24, 2.45) is 5.73 Å². The van der Waals surface area contributed by atoms with Gasteiger partial charge >= 0.3 is 0 Å². The normalized spacial score (nSPS) is 25.5. The largest absolute Gasteiger partial charge is 0.444 e. The van der Waals surface area contributed by atoms with Crippen LogP contribution in [0.5, 0.6) is 0 Å². The second kappa shape index (κ2) is 5.19. The molecule has 17 heavy (non-hydrogen) atoms. The number of aromatic nitrogens is 1. The first-order valence-corrected chi connectivity index (χ1v) is 6.45. The molecule has 0 aliphatic heterocycles. The topological polar surface area (TPSA) is 55.3 Å². The van der Waals surface area contributed by atoms with E-state index in [1.165, 1.54) is 12.8 Å². The van der Waals surface area contributed by atoms with Gasteiger partial charge in [0, 0.05) is 12.1 Å². The highest BCUT2D eigenvalue weighted by molar-refractivity contribution is 5.05. The van der Waals surface area contributed by atoms with Gasteiger partial charge in [-0.2, -0.15) is 0 Å². The maximum absolute atomic E-state index is 5.92. The van der Waals surface area contributed by atoms with E-state index in [9.17, 15) is 0 Å². The Morgan fingerprint density at radius 3 is 2.47 bits per heavy atom. The number of rotatable bonds is 3. The fourth-order valence-corrected chi connectivity index (χ4v) is 2.49. The molecule has 0 saturated heterocycles. The summed E-state index contributed by atoms with van der Waals surface area (Å²) in [6.07, 6.45) is 4.66. The molecule has 4 heteroatoms. The molecule has 0 atom stereocenters. The minimum Gasteiger partial charge on any atom is -0.444 e. The Balaban J connectivity index is 1.90. The van der Waals surface area contributed by atoms with Gasteiger partial charge in [-0.25, -0.2) is 4.98 Å². The number of nitrogens with zero attached hydrogens (tertiary/aromatic N) is 2. The van der Waals surface area contributed by atoms with Crippen molar-refractivity contribution in [2.45, 2.75) is 58.2 Å². The molecule has 0 aromatic carbocycles. The smallest absolute Gasteiger partial charge is 0.208 e. The Labute approximate surface area is 103 Å². The molecular formula is C13H23N3O. The Morgan fingerprint density at radius 1 is 1.29 bits per heavy atom. The molecule has 1 aliphatic rings. The zero-order chi connectivity index (χ0) is 12.4. The third-order valence-corrected chi connectivity index (χ3v) is 3.82. The van der Waals surface area contributed by atoms with E-state index >= 15 is 0 Å². The molecule has 1 heterocycles. The van der Waals surface area contributed by atoms with Gasteiger partial charge in [-0.05, 0) is 46.6 Å². The van der Waals surface area contributed by atoms with Crippen molar-refractivity contribution in [1.29, 1.82) is 0 Å². The molecule has 1 aromatic heterocycles. The molecule has 0 bridgehead atoms. The highest BCUT2D eigenvalue weighted by Gasteiger charge is 2.23. The van der Waals surface area contributed by atoms with Crippen LogP contribution in [0.3, 0.4) is 0 Å². The monoisotopic (exact) mass is 237 g/mol. The fourth-order valence-electron chi connectivity index (χ4n) is 2.49. The summed E-state index contributed by atoms with van der Waals surface area (Å²) < 4.78 is 5.62. The van der Waals surface area contributed by atoms with Gasteiger partial charge in [-0.15, -0.1) is 0 Å². The lowest BCUT2D eigenvalue weighted by molar-refractivity contribution is 0.162. The predicted octanol–water partition coefficient (Wildman–Crippen LogP) is 1.99. The van der Waals surface area contributed by atoms with E-state index in [4.69, 9.17) is 10.2 Å². The lowest BCUT2D eigenvalue weighted by Gasteiger charge is -2.32. The molecular weight excluding hydrogens is 214 g/mol. The van der Waals surface area contributed by atoms with Gasteiger partial charge in [-0.1, -0.05) is 0 Å². The number of nitrogens with two attached hydrogens (primary N) is 1. The molecule has 0 unspecified atom stereocenters. The molecule has 1 aromatic rings. The van der Waals surface area contributed by atoms with E-state index in [1.807, 2.05) is 13.8 Å². The minimum absolute atomic E-state index is 0.408. The third-order valence-electron chi connectivity index (χ3n) is 3.82. The molecule has 0 spiro atoms. The van der Waals surface area contributed by atoms with Gasteiger partial charge in [0.1, 0.15) is 5.76 Å². The summed E-state index contributed by atoms with van der Waals surface area (Å²) in [7, 11) is 2.15. The number of hydrogen-bond acceptors (Lipinski definition) is 4. The van der Waals surface area contributed by atoms with Crippen LogP contribution in [0.1, 0.15) is 43.0 Å². The lowest BCUT2D eigenvalue weighted by atomic mass is 9.91. The van der Waals surface area contributed by atoms with Crippen LogP contribution in [0, 0.1) is 13.8 Å². The van der Waals surface area contributed by atoms with Crippen molar-refractivity contribution in [3.63, 3.8) is 0 Å². The average molecular weight is 237 g/mol. The van der Waals surface area contributed by atoms with Crippen LogP contribution < -0.4 is 5.73 Å². The Kier molecular flexibility index (Phi) is 3.84. The number of hydrogen-bond donors (Lipinski definition) is 1. The first-order chi connectivity index (χ1) is 8.06. The Bertz CT molecular complexity index is 347. The molecule has 0 amide bonds. The summed E-state index contributed by atoms with van der Waals surface area (Å²) in [6.45, 7) is 4.75. The van der Waals surface area contributed by atoms with E-state index in [2.05, 4.69) is 16.9 Å². The highest BCUT2D eigenvalue weighted by Crippen LogP contribution is 2.22. The third kappa shape index (κ3) is 3.07. The Morgan fingerprint density at radius 2 is 1.94 bits per heavy atom. The summed E-state index contributed by atoms with van der Waals surface area (Å²) in [4.78, 5) is 6.77. The molecule has 4 nitrogen and oxygen atoms in total. The molecule has 96 valence electrons. The van der Waals surface area contributed by atoms with Gasteiger partial charge in [0.25, 0.3) is 0 Å². The number of oxazole rings is 1. The summed E-state index contributed by atoms with van der Waals surface area (Å²) in [5, 5.41) is 0. The van der Waals surface area contributed by atoms with Crippen molar-refractivity contribution in [3.05, 3.63) is 17.3 Å². The molecule has 1 aliphatic carbocycles. The minimum atomic E-state index is 0.408. The Hall–Kier alpha value is -0.870. The first kappa shape index (κ1) is 12.6. The second-order valence-corrected chi connectivity index (χ2v) is 5.23. The molecule has 2 rings (SSSR count). The summed E-state index contributed by atoms with van der Waals surface area (Å²) in [6, 6.07) is 1.04. The lowest BCUT2D eigenvalue weighted by Crippen LogP contribution is -2.38. The van der Waals surface area contributed by atoms with Crippen LogP contribution in [-0.2, 0) is 6.54 Å². The van der Waals surface area contributed by atoms with E-state index in [0.717, 1.165) is 36.7 Å².